The van der Waals surface area contributed by atoms with E-state index in [0.717, 1.165) is 27.8 Å². The molecule has 0 fully saturated rings. The van der Waals surface area contributed by atoms with Crippen LogP contribution in [0.2, 0.25) is 0 Å². The van der Waals surface area contributed by atoms with Gasteiger partial charge in [-0.05, 0) is 40.8 Å². The first-order valence-electron chi connectivity index (χ1n) is 7.95. The standard InChI is InChI=1S/C19H22N4O/c1-19(2,3)16(20)18(24)23-13-6-4-12(5-7-13)14-8-10-21-17-15(14)9-11-22-17/h4-11,16H,20H2,1-3H3,(H,21,22)(H,23,24)/t16-/m0/s1. The molecule has 1 amide bonds. The van der Waals surface area contributed by atoms with Crippen LogP contribution in [0, 0.1) is 5.41 Å². The molecule has 4 N–H and O–H groups in total. The summed E-state index contributed by atoms with van der Waals surface area (Å²) in [4.78, 5) is 19.6. The number of nitrogens with zero attached hydrogens (tertiary/aromatic N) is 1. The van der Waals surface area contributed by atoms with Gasteiger partial charge in [0.05, 0.1) is 6.04 Å². The molecule has 5 nitrogen and oxygen atoms in total. The number of benzene rings is 1. The molecule has 3 aromatic rings. The number of fused-ring (bicyclic) bond motifs is 1. The number of aromatic amines is 1. The molecule has 0 aliphatic rings. The number of rotatable bonds is 3. The second-order valence-corrected chi connectivity index (χ2v) is 7.01. The lowest BCUT2D eigenvalue weighted by molar-refractivity contribution is -0.119. The Morgan fingerprint density at radius 2 is 1.88 bits per heavy atom. The van der Waals surface area contributed by atoms with E-state index in [1.807, 2.05) is 63.4 Å². The van der Waals surface area contributed by atoms with Crippen molar-refractivity contribution in [2.75, 3.05) is 5.32 Å². The summed E-state index contributed by atoms with van der Waals surface area (Å²) < 4.78 is 0. The van der Waals surface area contributed by atoms with E-state index in [2.05, 4.69) is 15.3 Å². The smallest absolute Gasteiger partial charge is 0.241 e. The minimum atomic E-state index is -0.558. The Hall–Kier alpha value is -2.66. The zero-order valence-electron chi connectivity index (χ0n) is 14.1. The quantitative estimate of drug-likeness (QED) is 0.689. The maximum Gasteiger partial charge on any atom is 0.241 e. The fourth-order valence-corrected chi connectivity index (χ4v) is 2.56. The highest BCUT2D eigenvalue weighted by molar-refractivity contribution is 5.96. The predicted octanol–water partition coefficient (Wildman–Crippen LogP) is 3.54. The van der Waals surface area contributed by atoms with Crippen LogP contribution >= 0.6 is 0 Å². The van der Waals surface area contributed by atoms with Crippen molar-refractivity contribution in [3.63, 3.8) is 0 Å². The molecule has 0 bridgehead atoms. The maximum absolute atomic E-state index is 12.2. The molecule has 0 saturated carbocycles. The number of hydrogen-bond donors (Lipinski definition) is 3. The van der Waals surface area contributed by atoms with E-state index >= 15 is 0 Å². The van der Waals surface area contributed by atoms with Gasteiger partial charge in [0.15, 0.2) is 0 Å². The maximum atomic E-state index is 12.2. The van der Waals surface area contributed by atoms with Crippen molar-refractivity contribution in [2.24, 2.45) is 11.1 Å². The second kappa shape index (κ2) is 6.09. The summed E-state index contributed by atoms with van der Waals surface area (Å²) in [5.74, 6) is -0.174. The second-order valence-electron chi connectivity index (χ2n) is 7.01. The lowest BCUT2D eigenvalue weighted by Gasteiger charge is -2.25. The van der Waals surface area contributed by atoms with Crippen LogP contribution in [0.5, 0.6) is 0 Å². The van der Waals surface area contributed by atoms with Gasteiger partial charge in [-0.2, -0.15) is 0 Å². The Balaban J connectivity index is 1.81. The summed E-state index contributed by atoms with van der Waals surface area (Å²) in [6.45, 7) is 5.85. The third-order valence-corrected chi connectivity index (χ3v) is 4.14. The highest BCUT2D eigenvalue weighted by atomic mass is 16.2. The molecule has 5 heteroatoms. The van der Waals surface area contributed by atoms with E-state index in [9.17, 15) is 4.79 Å². The number of hydrogen-bond acceptors (Lipinski definition) is 3. The zero-order valence-corrected chi connectivity index (χ0v) is 14.1. The van der Waals surface area contributed by atoms with Gasteiger partial charge in [-0.15, -0.1) is 0 Å². The summed E-state index contributed by atoms with van der Waals surface area (Å²) in [5.41, 5.74) is 9.49. The minimum absolute atomic E-state index is 0.174. The SMILES string of the molecule is CC(C)(C)[C@@H](N)C(=O)Nc1ccc(-c2ccnc3[nH]ccc23)cc1. The third kappa shape index (κ3) is 3.16. The van der Waals surface area contributed by atoms with Gasteiger partial charge in [-0.3, -0.25) is 4.79 Å². The van der Waals surface area contributed by atoms with Crippen LogP contribution in [0.4, 0.5) is 5.69 Å². The van der Waals surface area contributed by atoms with E-state index in [4.69, 9.17) is 5.73 Å². The summed E-state index contributed by atoms with van der Waals surface area (Å²) in [7, 11) is 0. The number of H-pyrrole nitrogens is 1. The van der Waals surface area contributed by atoms with Crippen molar-refractivity contribution in [1.82, 2.24) is 9.97 Å². The van der Waals surface area contributed by atoms with E-state index in [-0.39, 0.29) is 11.3 Å². The predicted molar refractivity (Wildman–Crippen MR) is 97.6 cm³/mol. The first kappa shape index (κ1) is 16.2. The van der Waals surface area contributed by atoms with E-state index < -0.39 is 6.04 Å². The lowest BCUT2D eigenvalue weighted by atomic mass is 9.87. The molecule has 0 saturated heterocycles. The summed E-state index contributed by atoms with van der Waals surface area (Å²) in [6.07, 6.45) is 3.66. The van der Waals surface area contributed by atoms with Crippen LogP contribution in [-0.2, 0) is 4.79 Å². The molecule has 0 spiro atoms. The Morgan fingerprint density at radius 3 is 2.54 bits per heavy atom. The fourth-order valence-electron chi connectivity index (χ4n) is 2.56. The minimum Gasteiger partial charge on any atom is -0.346 e. The molecule has 0 radical (unpaired) electrons. The number of nitrogens with two attached hydrogens (primary N) is 1. The molecule has 24 heavy (non-hydrogen) atoms. The van der Waals surface area contributed by atoms with E-state index in [1.54, 1.807) is 6.20 Å². The van der Waals surface area contributed by atoms with Crippen LogP contribution < -0.4 is 11.1 Å². The van der Waals surface area contributed by atoms with Gasteiger partial charge in [0, 0.05) is 23.5 Å². The van der Waals surface area contributed by atoms with Crippen molar-refractivity contribution < 1.29 is 4.79 Å². The van der Waals surface area contributed by atoms with Crippen molar-refractivity contribution in [1.29, 1.82) is 0 Å². The molecular formula is C19H22N4O. The van der Waals surface area contributed by atoms with Crippen molar-refractivity contribution in [2.45, 2.75) is 26.8 Å². The summed E-state index contributed by atoms with van der Waals surface area (Å²) >= 11 is 0. The zero-order chi connectivity index (χ0) is 17.3. The molecule has 0 unspecified atom stereocenters. The average molecular weight is 322 g/mol. The molecule has 1 aromatic carbocycles. The van der Waals surface area contributed by atoms with E-state index in [0.29, 0.717) is 0 Å². The van der Waals surface area contributed by atoms with Gasteiger partial charge in [-0.1, -0.05) is 32.9 Å². The van der Waals surface area contributed by atoms with E-state index in [1.165, 1.54) is 0 Å². The molecular weight excluding hydrogens is 300 g/mol. The number of pyridine rings is 1. The fraction of sp³-hybridized carbons (Fsp3) is 0.263. The summed E-state index contributed by atoms with van der Waals surface area (Å²) in [6, 6.07) is 11.2. The van der Waals surface area contributed by atoms with Crippen LogP contribution in [0.3, 0.4) is 0 Å². The molecule has 3 rings (SSSR count). The van der Waals surface area contributed by atoms with Gasteiger partial charge >= 0.3 is 0 Å². The largest absolute Gasteiger partial charge is 0.346 e. The topological polar surface area (TPSA) is 83.8 Å². The molecule has 2 aromatic heterocycles. The van der Waals surface area contributed by atoms with Crippen molar-refractivity contribution in [3.8, 4) is 11.1 Å². The average Bonchev–Trinajstić information content (AvgIpc) is 3.02. The summed E-state index contributed by atoms with van der Waals surface area (Å²) in [5, 5.41) is 3.95. The van der Waals surface area contributed by atoms with Crippen LogP contribution in [-0.4, -0.2) is 21.9 Å². The van der Waals surface area contributed by atoms with Gasteiger partial charge in [0.25, 0.3) is 0 Å². The Morgan fingerprint density at radius 1 is 1.17 bits per heavy atom. The molecule has 124 valence electrons. The van der Waals surface area contributed by atoms with Crippen molar-refractivity contribution >= 4 is 22.6 Å². The number of amides is 1. The molecule has 2 heterocycles. The lowest BCUT2D eigenvalue weighted by Crippen LogP contribution is -2.45. The molecule has 1 atom stereocenters. The normalized spacial score (nSPS) is 13.0. The number of carbonyl (C=O) groups excluding carboxylic acids is 1. The van der Waals surface area contributed by atoms with Gasteiger partial charge < -0.3 is 16.0 Å². The van der Waals surface area contributed by atoms with Crippen molar-refractivity contribution in [3.05, 3.63) is 48.8 Å². The Bertz CT molecular complexity index is 859. The Kier molecular flexibility index (Phi) is 4.11. The number of aromatic nitrogens is 2. The van der Waals surface area contributed by atoms with Gasteiger partial charge in [0.1, 0.15) is 5.65 Å². The monoisotopic (exact) mass is 322 g/mol. The van der Waals surface area contributed by atoms with Crippen LogP contribution in [0.25, 0.3) is 22.2 Å². The first-order chi connectivity index (χ1) is 11.4. The molecule has 0 aliphatic carbocycles. The highest BCUT2D eigenvalue weighted by Gasteiger charge is 2.27. The number of carbonyl (C=O) groups is 1. The number of anilines is 1. The first-order valence-corrected chi connectivity index (χ1v) is 7.95. The molecule has 0 aliphatic heterocycles. The number of nitrogens with one attached hydrogen (secondary N) is 2. The van der Waals surface area contributed by atoms with Crippen LogP contribution in [0.1, 0.15) is 20.8 Å². The Labute approximate surface area is 141 Å². The third-order valence-electron chi connectivity index (χ3n) is 4.14. The van der Waals surface area contributed by atoms with Gasteiger partial charge in [0.2, 0.25) is 5.91 Å². The highest BCUT2D eigenvalue weighted by Crippen LogP contribution is 2.28. The van der Waals surface area contributed by atoms with Gasteiger partial charge in [-0.25, -0.2) is 4.98 Å². The van der Waals surface area contributed by atoms with Crippen LogP contribution in [0.15, 0.2) is 48.8 Å².